The second kappa shape index (κ2) is 11.0. The van der Waals surface area contributed by atoms with Crippen LogP contribution in [0, 0.1) is 0 Å². The van der Waals surface area contributed by atoms with Gasteiger partial charge in [0.15, 0.2) is 0 Å². The standard InChI is InChI=1S/C32H35ClN2O5/c1-30(2,3)39-28(37)34-26(21-14-8-7-9-15-21)32(20-22-16-10-12-18-24(22)33)23-17-11-13-19-25(23)35(27(32)36)29(38)40-31(4,5)6/h7-19,26H,20H2,1-6H3,(H,34,37)/t26-,32+/m1/s1. The van der Waals surface area contributed by atoms with Crippen molar-refractivity contribution < 1.29 is 23.9 Å². The van der Waals surface area contributed by atoms with E-state index in [2.05, 4.69) is 5.32 Å². The molecule has 0 saturated heterocycles. The molecular formula is C32H35ClN2O5. The average molecular weight is 563 g/mol. The minimum absolute atomic E-state index is 0.0944. The van der Waals surface area contributed by atoms with Crippen LogP contribution in [0.2, 0.25) is 5.02 Å². The first-order chi connectivity index (χ1) is 18.7. The molecule has 0 unspecified atom stereocenters. The number of carbonyl (C=O) groups excluding carboxylic acids is 3. The SMILES string of the molecule is CC(C)(C)OC(=O)N[C@H](c1ccccc1)[C@@]1(Cc2ccccc2Cl)C(=O)N(C(=O)OC(C)(C)C)c2ccccc21. The predicted molar refractivity (Wildman–Crippen MR) is 156 cm³/mol. The fourth-order valence-corrected chi connectivity index (χ4v) is 5.22. The highest BCUT2D eigenvalue weighted by atomic mass is 35.5. The van der Waals surface area contributed by atoms with Crippen molar-refractivity contribution in [2.75, 3.05) is 4.90 Å². The third-order valence-corrected chi connectivity index (χ3v) is 6.87. The van der Waals surface area contributed by atoms with Gasteiger partial charge in [0.2, 0.25) is 5.91 Å². The van der Waals surface area contributed by atoms with Crippen LogP contribution in [0.1, 0.15) is 64.3 Å². The van der Waals surface area contributed by atoms with E-state index in [9.17, 15) is 14.4 Å². The summed E-state index contributed by atoms with van der Waals surface area (Å²) in [6.45, 7) is 10.5. The van der Waals surface area contributed by atoms with Crippen LogP contribution in [-0.4, -0.2) is 29.3 Å². The quantitative estimate of drug-likeness (QED) is 0.351. The molecule has 2 atom stereocenters. The molecule has 3 amide bonds. The molecule has 0 spiro atoms. The molecule has 40 heavy (non-hydrogen) atoms. The van der Waals surface area contributed by atoms with Crippen molar-refractivity contribution in [3.63, 3.8) is 0 Å². The Bertz CT molecular complexity index is 1410. The summed E-state index contributed by atoms with van der Waals surface area (Å²) in [5.74, 6) is -0.534. The third-order valence-electron chi connectivity index (χ3n) is 6.50. The number of ether oxygens (including phenoxy) is 2. The molecule has 1 N–H and O–H groups in total. The molecule has 1 aliphatic rings. The Morgan fingerprint density at radius 1 is 0.850 bits per heavy atom. The number of nitrogens with zero attached hydrogens (tertiary/aromatic N) is 1. The lowest BCUT2D eigenvalue weighted by Crippen LogP contribution is -2.54. The first kappa shape index (κ1) is 29.2. The highest BCUT2D eigenvalue weighted by Gasteiger charge is 2.59. The summed E-state index contributed by atoms with van der Waals surface area (Å²) >= 11 is 6.64. The molecule has 0 aromatic heterocycles. The first-order valence-corrected chi connectivity index (χ1v) is 13.6. The molecule has 0 bridgehead atoms. The molecule has 0 aliphatic carbocycles. The summed E-state index contributed by atoms with van der Waals surface area (Å²) in [7, 11) is 0. The highest BCUT2D eigenvalue weighted by molar-refractivity contribution is 6.31. The number of anilines is 1. The van der Waals surface area contributed by atoms with E-state index in [4.69, 9.17) is 21.1 Å². The lowest BCUT2D eigenvalue weighted by molar-refractivity contribution is -0.124. The fourth-order valence-electron chi connectivity index (χ4n) is 5.01. The van der Waals surface area contributed by atoms with Gasteiger partial charge in [0, 0.05) is 5.02 Å². The molecule has 3 aromatic carbocycles. The second-order valence-corrected chi connectivity index (χ2v) is 12.3. The molecule has 0 saturated carbocycles. The number of fused-ring (bicyclic) bond motifs is 1. The van der Waals surface area contributed by atoms with Crippen LogP contribution in [0.3, 0.4) is 0 Å². The van der Waals surface area contributed by atoms with Gasteiger partial charge in [0.25, 0.3) is 0 Å². The van der Waals surface area contributed by atoms with E-state index in [1.165, 1.54) is 0 Å². The van der Waals surface area contributed by atoms with Gasteiger partial charge < -0.3 is 14.8 Å². The molecule has 4 rings (SSSR count). The number of rotatable bonds is 5. The van der Waals surface area contributed by atoms with Crippen LogP contribution in [0.15, 0.2) is 78.9 Å². The van der Waals surface area contributed by atoms with Crippen LogP contribution >= 0.6 is 11.6 Å². The van der Waals surface area contributed by atoms with E-state index < -0.39 is 40.8 Å². The average Bonchev–Trinajstić information content (AvgIpc) is 3.11. The van der Waals surface area contributed by atoms with E-state index >= 15 is 0 Å². The molecule has 8 heteroatoms. The van der Waals surface area contributed by atoms with Crippen LogP contribution < -0.4 is 10.2 Å². The zero-order valence-electron chi connectivity index (χ0n) is 23.7. The van der Waals surface area contributed by atoms with Crippen LogP contribution in [0.4, 0.5) is 15.3 Å². The Kier molecular flexibility index (Phi) is 7.99. The smallest absolute Gasteiger partial charge is 0.421 e. The van der Waals surface area contributed by atoms with Crippen LogP contribution in [0.25, 0.3) is 0 Å². The number of carbonyl (C=O) groups is 3. The number of benzene rings is 3. The molecule has 1 heterocycles. The summed E-state index contributed by atoms with van der Waals surface area (Å²) in [6, 6.07) is 22.6. The Balaban J connectivity index is 1.98. The molecule has 1 aliphatic heterocycles. The maximum absolute atomic E-state index is 14.8. The number of halogens is 1. The zero-order valence-corrected chi connectivity index (χ0v) is 24.4. The fraction of sp³-hybridized carbons (Fsp3) is 0.344. The number of alkyl carbamates (subject to hydrolysis) is 1. The number of nitrogens with one attached hydrogen (secondary N) is 1. The van der Waals surface area contributed by atoms with Crippen molar-refractivity contribution in [2.24, 2.45) is 0 Å². The van der Waals surface area contributed by atoms with Gasteiger partial charge in [-0.15, -0.1) is 0 Å². The maximum Gasteiger partial charge on any atom is 0.421 e. The van der Waals surface area contributed by atoms with Crippen molar-refractivity contribution in [1.29, 1.82) is 0 Å². The lowest BCUT2D eigenvalue weighted by atomic mass is 9.68. The van der Waals surface area contributed by atoms with Crippen LogP contribution in [-0.2, 0) is 26.1 Å². The summed E-state index contributed by atoms with van der Waals surface area (Å²) in [4.78, 5) is 42.7. The van der Waals surface area contributed by atoms with Gasteiger partial charge >= 0.3 is 12.2 Å². The minimum Gasteiger partial charge on any atom is -0.444 e. The van der Waals surface area contributed by atoms with Gasteiger partial charge in [0.1, 0.15) is 16.6 Å². The third kappa shape index (κ3) is 5.99. The summed E-state index contributed by atoms with van der Waals surface area (Å²) < 4.78 is 11.3. The summed E-state index contributed by atoms with van der Waals surface area (Å²) in [5, 5.41) is 3.45. The van der Waals surface area contributed by atoms with Crippen molar-refractivity contribution in [3.8, 4) is 0 Å². The highest BCUT2D eigenvalue weighted by Crippen LogP contribution is 2.52. The monoisotopic (exact) mass is 562 g/mol. The number of hydrogen-bond donors (Lipinski definition) is 1. The van der Waals surface area contributed by atoms with Gasteiger partial charge in [-0.1, -0.05) is 78.3 Å². The Morgan fingerprint density at radius 3 is 2.05 bits per heavy atom. The van der Waals surface area contributed by atoms with E-state index in [0.717, 1.165) is 4.90 Å². The van der Waals surface area contributed by atoms with Crippen LogP contribution in [0.5, 0.6) is 0 Å². The van der Waals surface area contributed by atoms with E-state index in [0.29, 0.717) is 27.4 Å². The molecule has 3 aromatic rings. The number of para-hydroxylation sites is 1. The van der Waals surface area contributed by atoms with E-state index in [1.54, 1.807) is 65.8 Å². The van der Waals surface area contributed by atoms with Gasteiger partial charge in [-0.25, -0.2) is 14.5 Å². The topological polar surface area (TPSA) is 84.9 Å². The zero-order chi connectivity index (χ0) is 29.3. The summed E-state index contributed by atoms with van der Waals surface area (Å²) in [5.41, 5.74) is -0.789. The van der Waals surface area contributed by atoms with Crippen molar-refractivity contribution in [1.82, 2.24) is 5.32 Å². The second-order valence-electron chi connectivity index (χ2n) is 11.9. The van der Waals surface area contributed by atoms with Gasteiger partial charge in [-0.3, -0.25) is 4.79 Å². The van der Waals surface area contributed by atoms with Crippen molar-refractivity contribution in [2.45, 2.75) is 70.6 Å². The van der Waals surface area contributed by atoms with Crippen molar-refractivity contribution in [3.05, 3.63) is 101 Å². The van der Waals surface area contributed by atoms with Crippen molar-refractivity contribution >= 4 is 35.4 Å². The molecule has 0 fully saturated rings. The van der Waals surface area contributed by atoms with Gasteiger partial charge in [-0.05, 0) is 76.8 Å². The molecule has 210 valence electrons. The van der Waals surface area contributed by atoms with E-state index in [1.807, 2.05) is 54.6 Å². The Hall–Kier alpha value is -3.84. The minimum atomic E-state index is -1.48. The Labute approximate surface area is 240 Å². The number of amides is 3. The first-order valence-electron chi connectivity index (χ1n) is 13.2. The normalized spacial score (nSPS) is 17.7. The number of imide groups is 1. The molecular weight excluding hydrogens is 528 g/mol. The lowest BCUT2D eigenvalue weighted by Gasteiger charge is -2.38. The molecule has 0 radical (unpaired) electrons. The molecule has 7 nitrogen and oxygen atoms in total. The van der Waals surface area contributed by atoms with Gasteiger partial charge in [0.05, 0.1) is 11.7 Å². The largest absolute Gasteiger partial charge is 0.444 e. The number of hydrogen-bond acceptors (Lipinski definition) is 5. The maximum atomic E-state index is 14.8. The Morgan fingerprint density at radius 2 is 1.43 bits per heavy atom. The van der Waals surface area contributed by atoms with Gasteiger partial charge in [-0.2, -0.15) is 0 Å². The predicted octanol–water partition coefficient (Wildman–Crippen LogP) is 7.37. The van der Waals surface area contributed by atoms with E-state index in [-0.39, 0.29) is 6.42 Å². The summed E-state index contributed by atoms with van der Waals surface area (Å²) in [6.07, 6.45) is -1.40.